The van der Waals surface area contributed by atoms with Gasteiger partial charge in [0.2, 0.25) is 0 Å². The number of piperidine rings is 1. The van der Waals surface area contributed by atoms with E-state index in [1.807, 2.05) is 11.3 Å². The van der Waals surface area contributed by atoms with Gasteiger partial charge in [-0.05, 0) is 57.8 Å². The highest BCUT2D eigenvalue weighted by Gasteiger charge is 2.31. The molecule has 18 heavy (non-hydrogen) atoms. The summed E-state index contributed by atoms with van der Waals surface area (Å²) in [6.45, 7) is 5.90. The summed E-state index contributed by atoms with van der Waals surface area (Å²) < 4.78 is 0. The van der Waals surface area contributed by atoms with Crippen LogP contribution in [0.4, 0.5) is 0 Å². The fourth-order valence-corrected chi connectivity index (χ4v) is 4.40. The van der Waals surface area contributed by atoms with Crippen LogP contribution in [0.15, 0.2) is 12.1 Å². The second kappa shape index (κ2) is 5.72. The highest BCUT2D eigenvalue weighted by molar-refractivity contribution is 7.11. The van der Waals surface area contributed by atoms with Gasteiger partial charge < -0.3 is 5.32 Å². The Morgan fingerprint density at radius 2 is 2.22 bits per heavy atom. The van der Waals surface area contributed by atoms with E-state index in [0.717, 1.165) is 12.1 Å². The summed E-state index contributed by atoms with van der Waals surface area (Å²) in [7, 11) is 0. The van der Waals surface area contributed by atoms with Crippen molar-refractivity contribution in [2.75, 3.05) is 13.1 Å². The van der Waals surface area contributed by atoms with Gasteiger partial charge in [0.25, 0.3) is 0 Å². The van der Waals surface area contributed by atoms with Crippen LogP contribution in [-0.4, -0.2) is 30.1 Å². The minimum Gasteiger partial charge on any atom is -0.312 e. The van der Waals surface area contributed by atoms with Crippen LogP contribution in [0.2, 0.25) is 0 Å². The van der Waals surface area contributed by atoms with Gasteiger partial charge in [0, 0.05) is 28.4 Å². The molecule has 0 radical (unpaired) electrons. The third-order valence-corrected chi connectivity index (χ3v) is 5.37. The summed E-state index contributed by atoms with van der Waals surface area (Å²) in [6.07, 6.45) is 6.94. The molecule has 0 saturated carbocycles. The third kappa shape index (κ3) is 2.79. The minimum absolute atomic E-state index is 0.756. The van der Waals surface area contributed by atoms with Gasteiger partial charge in [-0.3, -0.25) is 4.90 Å². The molecule has 0 amide bonds. The molecular formula is C15H24N2S. The SMILES string of the molecule is Cc1ccc(CN2CCCCC2C2CCCN2)s1. The van der Waals surface area contributed by atoms with Crippen LogP contribution in [0.1, 0.15) is 41.9 Å². The Bertz CT molecular complexity index is 382. The van der Waals surface area contributed by atoms with Gasteiger partial charge in [-0.25, -0.2) is 0 Å². The summed E-state index contributed by atoms with van der Waals surface area (Å²) >= 11 is 1.96. The molecule has 100 valence electrons. The first kappa shape index (κ1) is 12.6. The van der Waals surface area contributed by atoms with Crippen LogP contribution in [0, 0.1) is 6.92 Å². The Morgan fingerprint density at radius 3 is 2.94 bits per heavy atom. The first-order chi connectivity index (χ1) is 8.83. The smallest absolute Gasteiger partial charge is 0.0331 e. The molecule has 3 rings (SSSR count). The molecule has 3 heteroatoms. The highest BCUT2D eigenvalue weighted by atomic mass is 32.1. The van der Waals surface area contributed by atoms with Gasteiger partial charge >= 0.3 is 0 Å². The molecule has 2 unspecified atom stereocenters. The van der Waals surface area contributed by atoms with Crippen molar-refractivity contribution < 1.29 is 0 Å². The second-order valence-corrected chi connectivity index (χ2v) is 7.12. The van der Waals surface area contributed by atoms with E-state index < -0.39 is 0 Å². The van der Waals surface area contributed by atoms with Crippen molar-refractivity contribution in [1.29, 1.82) is 0 Å². The predicted molar refractivity (Wildman–Crippen MR) is 78.1 cm³/mol. The molecule has 2 fully saturated rings. The molecule has 2 aliphatic heterocycles. The average molecular weight is 264 g/mol. The van der Waals surface area contributed by atoms with Crippen LogP contribution in [-0.2, 0) is 6.54 Å². The van der Waals surface area contributed by atoms with E-state index in [1.54, 1.807) is 0 Å². The number of aryl methyl sites for hydroxylation is 1. The monoisotopic (exact) mass is 264 g/mol. The molecule has 3 heterocycles. The molecule has 0 spiro atoms. The lowest BCUT2D eigenvalue weighted by Crippen LogP contribution is -2.49. The van der Waals surface area contributed by atoms with Crippen LogP contribution >= 0.6 is 11.3 Å². The van der Waals surface area contributed by atoms with Gasteiger partial charge in [-0.15, -0.1) is 11.3 Å². The van der Waals surface area contributed by atoms with E-state index in [9.17, 15) is 0 Å². The second-order valence-electron chi connectivity index (χ2n) is 5.75. The number of nitrogens with zero attached hydrogens (tertiary/aromatic N) is 1. The van der Waals surface area contributed by atoms with Crippen LogP contribution in [0.3, 0.4) is 0 Å². The molecule has 2 atom stereocenters. The molecule has 1 aromatic heterocycles. The van der Waals surface area contributed by atoms with Crippen molar-refractivity contribution in [1.82, 2.24) is 10.2 Å². The van der Waals surface area contributed by atoms with Crippen molar-refractivity contribution in [3.63, 3.8) is 0 Å². The van der Waals surface area contributed by atoms with E-state index >= 15 is 0 Å². The van der Waals surface area contributed by atoms with E-state index in [0.29, 0.717) is 0 Å². The molecular weight excluding hydrogens is 240 g/mol. The minimum atomic E-state index is 0.756. The van der Waals surface area contributed by atoms with Crippen molar-refractivity contribution in [2.45, 2.75) is 57.7 Å². The Hall–Kier alpha value is -0.380. The van der Waals surface area contributed by atoms with E-state index in [4.69, 9.17) is 0 Å². The average Bonchev–Trinajstić information content (AvgIpc) is 3.02. The number of hydrogen-bond acceptors (Lipinski definition) is 3. The number of likely N-dealkylation sites (tertiary alicyclic amines) is 1. The van der Waals surface area contributed by atoms with Gasteiger partial charge in [-0.1, -0.05) is 6.42 Å². The molecule has 2 aliphatic rings. The zero-order valence-corrected chi connectivity index (χ0v) is 12.1. The quantitative estimate of drug-likeness (QED) is 0.902. The number of hydrogen-bond donors (Lipinski definition) is 1. The molecule has 1 N–H and O–H groups in total. The summed E-state index contributed by atoms with van der Waals surface area (Å²) in [5.41, 5.74) is 0. The molecule has 1 aromatic rings. The summed E-state index contributed by atoms with van der Waals surface area (Å²) in [4.78, 5) is 5.72. The molecule has 0 bridgehead atoms. The molecule has 0 aromatic carbocycles. The van der Waals surface area contributed by atoms with Crippen molar-refractivity contribution in [3.8, 4) is 0 Å². The maximum atomic E-state index is 3.71. The fourth-order valence-electron chi connectivity index (χ4n) is 3.48. The predicted octanol–water partition coefficient (Wildman–Crippen LogP) is 3.16. The summed E-state index contributed by atoms with van der Waals surface area (Å²) in [5.74, 6) is 0. The summed E-state index contributed by atoms with van der Waals surface area (Å²) in [5, 5.41) is 3.71. The van der Waals surface area contributed by atoms with E-state index in [2.05, 4.69) is 29.3 Å². The summed E-state index contributed by atoms with van der Waals surface area (Å²) in [6, 6.07) is 6.11. The molecule has 0 aliphatic carbocycles. The highest BCUT2D eigenvalue weighted by Crippen LogP contribution is 2.27. The Labute approximate surface area is 114 Å². The van der Waals surface area contributed by atoms with Crippen molar-refractivity contribution in [3.05, 3.63) is 21.9 Å². The van der Waals surface area contributed by atoms with Crippen LogP contribution in [0.25, 0.3) is 0 Å². The van der Waals surface area contributed by atoms with Gasteiger partial charge in [0.1, 0.15) is 0 Å². The van der Waals surface area contributed by atoms with E-state index in [-0.39, 0.29) is 0 Å². The van der Waals surface area contributed by atoms with Crippen molar-refractivity contribution in [2.24, 2.45) is 0 Å². The fraction of sp³-hybridized carbons (Fsp3) is 0.733. The van der Waals surface area contributed by atoms with Crippen LogP contribution in [0.5, 0.6) is 0 Å². The molecule has 2 nitrogen and oxygen atoms in total. The first-order valence-electron chi connectivity index (χ1n) is 7.36. The van der Waals surface area contributed by atoms with Gasteiger partial charge in [0.15, 0.2) is 0 Å². The third-order valence-electron chi connectivity index (χ3n) is 4.38. The zero-order chi connectivity index (χ0) is 12.4. The standard InChI is InChI=1S/C15H24N2S/c1-12-7-8-13(18-12)11-17-10-3-2-6-15(17)14-5-4-9-16-14/h7-8,14-16H,2-6,9-11H2,1H3. The largest absolute Gasteiger partial charge is 0.312 e. The maximum Gasteiger partial charge on any atom is 0.0331 e. The lowest BCUT2D eigenvalue weighted by Gasteiger charge is -2.39. The Balaban J connectivity index is 1.67. The normalized spacial score (nSPS) is 29.8. The lowest BCUT2D eigenvalue weighted by atomic mass is 9.94. The lowest BCUT2D eigenvalue weighted by molar-refractivity contribution is 0.113. The Morgan fingerprint density at radius 1 is 1.28 bits per heavy atom. The number of nitrogens with one attached hydrogen (secondary N) is 1. The van der Waals surface area contributed by atoms with Gasteiger partial charge in [0.05, 0.1) is 0 Å². The number of thiophene rings is 1. The van der Waals surface area contributed by atoms with E-state index in [1.165, 1.54) is 61.5 Å². The molecule has 2 saturated heterocycles. The zero-order valence-electron chi connectivity index (χ0n) is 11.3. The first-order valence-corrected chi connectivity index (χ1v) is 8.17. The van der Waals surface area contributed by atoms with Crippen LogP contribution < -0.4 is 5.32 Å². The topological polar surface area (TPSA) is 15.3 Å². The Kier molecular flexibility index (Phi) is 4.02. The van der Waals surface area contributed by atoms with Gasteiger partial charge in [-0.2, -0.15) is 0 Å². The van der Waals surface area contributed by atoms with Crippen molar-refractivity contribution >= 4 is 11.3 Å². The number of rotatable bonds is 3. The maximum absolute atomic E-state index is 3.71.